The fourth-order valence-corrected chi connectivity index (χ4v) is 1.67. The van der Waals surface area contributed by atoms with Crippen LogP contribution in [0.25, 0.3) is 0 Å². The molecule has 1 aliphatic rings. The Kier molecular flexibility index (Phi) is 2.18. The number of rotatable bonds is 0. The molecule has 0 aliphatic carbocycles. The molecule has 0 atom stereocenters. The van der Waals surface area contributed by atoms with Crippen LogP contribution in [0.4, 0.5) is 0 Å². The van der Waals surface area contributed by atoms with Gasteiger partial charge in [0, 0.05) is 19.9 Å². The smallest absolute Gasteiger partial charge is 0.219 e. The van der Waals surface area contributed by atoms with E-state index in [0.717, 1.165) is 10.4 Å². The van der Waals surface area contributed by atoms with Gasteiger partial charge in [0.15, 0.2) is 5.49 Å². The van der Waals surface area contributed by atoms with Gasteiger partial charge in [0.1, 0.15) is 5.69 Å². The molecule has 1 aromatic heterocycles. The first-order valence-corrected chi connectivity index (χ1v) is 4.68. The molecule has 0 saturated carbocycles. The van der Waals surface area contributed by atoms with Crippen LogP contribution in [0, 0.1) is 5.41 Å². The predicted octanol–water partition coefficient (Wildman–Crippen LogP) is -0.496. The zero-order chi connectivity index (χ0) is 11.0. The summed E-state index contributed by atoms with van der Waals surface area (Å²) in [7, 11) is 0. The van der Waals surface area contributed by atoms with Gasteiger partial charge in [-0.1, -0.05) is 0 Å². The van der Waals surface area contributed by atoms with E-state index in [4.69, 9.17) is 5.41 Å². The van der Waals surface area contributed by atoms with Crippen molar-refractivity contribution in [3.63, 3.8) is 0 Å². The molecule has 80 valence electrons. The van der Waals surface area contributed by atoms with Crippen LogP contribution in [0.2, 0.25) is 0 Å². The van der Waals surface area contributed by atoms with Gasteiger partial charge in [-0.2, -0.15) is 4.73 Å². The van der Waals surface area contributed by atoms with E-state index in [9.17, 15) is 10.0 Å². The number of hydrogen-bond acceptors (Lipinski definition) is 4. The summed E-state index contributed by atoms with van der Waals surface area (Å²) >= 11 is 0. The molecule has 0 bridgehead atoms. The van der Waals surface area contributed by atoms with Crippen molar-refractivity contribution in [2.24, 2.45) is 0 Å². The van der Waals surface area contributed by atoms with E-state index in [1.54, 1.807) is 4.90 Å². The Labute approximate surface area is 86.3 Å². The van der Waals surface area contributed by atoms with Crippen molar-refractivity contribution >= 4 is 5.91 Å². The molecule has 0 unspecified atom stereocenters. The first kappa shape index (κ1) is 9.70. The molecule has 1 aromatic rings. The summed E-state index contributed by atoms with van der Waals surface area (Å²) in [6, 6.07) is 0. The van der Waals surface area contributed by atoms with Gasteiger partial charge in [-0.25, -0.2) is 0 Å². The summed E-state index contributed by atoms with van der Waals surface area (Å²) in [6.07, 6.45) is 1.93. The lowest BCUT2D eigenvalue weighted by atomic mass is 10.1. The Morgan fingerprint density at radius 1 is 1.67 bits per heavy atom. The van der Waals surface area contributed by atoms with Crippen molar-refractivity contribution in [3.8, 4) is 0 Å². The Balaban J connectivity index is 2.43. The number of aromatic nitrogens is 2. The number of amides is 1. The maximum atomic E-state index is 11.2. The van der Waals surface area contributed by atoms with E-state index in [1.807, 2.05) is 0 Å². The lowest BCUT2D eigenvalue weighted by Crippen LogP contribution is -2.38. The number of carbonyl (C=O) groups is 1. The standard InChI is InChI=1S/C9H12N4O2/c1-6(14)12-3-2-7-8(5-12)13(15)9(10)4-11-7/h4,10,15H,2-3,5H2,1H3. The lowest BCUT2D eigenvalue weighted by molar-refractivity contribution is -0.130. The number of fused-ring (bicyclic) bond motifs is 1. The van der Waals surface area contributed by atoms with Crippen molar-refractivity contribution in [1.82, 2.24) is 14.6 Å². The summed E-state index contributed by atoms with van der Waals surface area (Å²) in [5.41, 5.74) is 1.22. The molecule has 0 radical (unpaired) electrons. The van der Waals surface area contributed by atoms with E-state index < -0.39 is 0 Å². The largest absolute Gasteiger partial charge is 0.427 e. The third-order valence-electron chi connectivity index (χ3n) is 2.56. The predicted molar refractivity (Wildman–Crippen MR) is 50.1 cm³/mol. The molecule has 15 heavy (non-hydrogen) atoms. The minimum atomic E-state index is -0.0702. The average Bonchev–Trinajstić information content (AvgIpc) is 2.23. The monoisotopic (exact) mass is 208 g/mol. The maximum Gasteiger partial charge on any atom is 0.219 e. The molecule has 0 aromatic carbocycles. The quantitative estimate of drug-likeness (QED) is 0.564. The van der Waals surface area contributed by atoms with Gasteiger partial charge in [0.25, 0.3) is 0 Å². The number of nitrogens with zero attached hydrogens (tertiary/aromatic N) is 3. The van der Waals surface area contributed by atoms with Crippen LogP contribution >= 0.6 is 0 Å². The zero-order valence-electron chi connectivity index (χ0n) is 8.40. The van der Waals surface area contributed by atoms with Crippen LogP contribution in [-0.4, -0.2) is 32.3 Å². The molecule has 1 amide bonds. The molecule has 6 nitrogen and oxygen atoms in total. The first-order chi connectivity index (χ1) is 7.09. The van der Waals surface area contributed by atoms with Gasteiger partial charge in [0.2, 0.25) is 5.91 Å². The van der Waals surface area contributed by atoms with Crippen LogP contribution in [0.3, 0.4) is 0 Å². The van der Waals surface area contributed by atoms with Gasteiger partial charge < -0.3 is 10.1 Å². The van der Waals surface area contributed by atoms with E-state index in [2.05, 4.69) is 4.98 Å². The Bertz CT molecular complexity index is 466. The normalized spacial score (nSPS) is 14.9. The molecule has 0 spiro atoms. The zero-order valence-corrected chi connectivity index (χ0v) is 8.40. The fourth-order valence-electron chi connectivity index (χ4n) is 1.67. The molecule has 2 N–H and O–H groups in total. The third-order valence-corrected chi connectivity index (χ3v) is 2.56. The summed E-state index contributed by atoms with van der Waals surface area (Å²) in [4.78, 5) is 16.9. The van der Waals surface area contributed by atoms with Crippen LogP contribution in [0.5, 0.6) is 0 Å². The van der Waals surface area contributed by atoms with E-state index >= 15 is 0 Å². The Morgan fingerprint density at radius 3 is 3.07 bits per heavy atom. The second-order valence-electron chi connectivity index (χ2n) is 3.54. The Hall–Kier alpha value is -1.85. The van der Waals surface area contributed by atoms with Crippen LogP contribution in [-0.2, 0) is 17.8 Å². The van der Waals surface area contributed by atoms with Gasteiger partial charge in [-0.15, -0.1) is 0 Å². The molecule has 1 aliphatic heterocycles. The second kappa shape index (κ2) is 3.38. The summed E-state index contributed by atoms with van der Waals surface area (Å²) in [5.74, 6) is -0.0315. The van der Waals surface area contributed by atoms with Gasteiger partial charge >= 0.3 is 0 Å². The second-order valence-corrected chi connectivity index (χ2v) is 3.54. The third kappa shape index (κ3) is 1.58. The highest BCUT2D eigenvalue weighted by atomic mass is 16.5. The topological polar surface area (TPSA) is 82.2 Å². The van der Waals surface area contributed by atoms with E-state index in [-0.39, 0.29) is 11.4 Å². The molecule has 2 rings (SSSR count). The van der Waals surface area contributed by atoms with Crippen LogP contribution in [0.15, 0.2) is 6.20 Å². The summed E-state index contributed by atoms with van der Waals surface area (Å²) in [5, 5.41) is 17.0. The summed E-state index contributed by atoms with van der Waals surface area (Å²) in [6.45, 7) is 2.43. The SMILES string of the molecule is CC(=O)N1CCc2ncc(=N)n(O)c2C1. The highest BCUT2D eigenvalue weighted by molar-refractivity contribution is 5.73. The van der Waals surface area contributed by atoms with E-state index in [1.165, 1.54) is 13.1 Å². The maximum absolute atomic E-state index is 11.2. The number of nitrogens with one attached hydrogen (secondary N) is 1. The Morgan fingerprint density at radius 2 is 2.40 bits per heavy atom. The first-order valence-electron chi connectivity index (χ1n) is 4.68. The van der Waals surface area contributed by atoms with Gasteiger partial charge in [-0.05, 0) is 0 Å². The van der Waals surface area contributed by atoms with Crippen molar-refractivity contribution in [3.05, 3.63) is 23.1 Å². The fraction of sp³-hybridized carbons (Fsp3) is 0.444. The minimum absolute atomic E-state index is 0.0315. The average molecular weight is 208 g/mol. The van der Waals surface area contributed by atoms with Crippen molar-refractivity contribution in [2.45, 2.75) is 19.9 Å². The molecule has 2 heterocycles. The van der Waals surface area contributed by atoms with Crippen LogP contribution in [0.1, 0.15) is 18.3 Å². The highest BCUT2D eigenvalue weighted by Crippen LogP contribution is 2.14. The summed E-state index contributed by atoms with van der Waals surface area (Å²) < 4.78 is 0.789. The van der Waals surface area contributed by atoms with E-state index in [0.29, 0.717) is 25.2 Å². The molecule has 6 heteroatoms. The highest BCUT2D eigenvalue weighted by Gasteiger charge is 2.21. The number of hydrogen-bond donors (Lipinski definition) is 2. The lowest BCUT2D eigenvalue weighted by Gasteiger charge is -2.27. The minimum Gasteiger partial charge on any atom is -0.427 e. The van der Waals surface area contributed by atoms with Crippen LogP contribution < -0.4 is 5.49 Å². The number of carbonyl (C=O) groups excluding carboxylic acids is 1. The van der Waals surface area contributed by atoms with Crippen molar-refractivity contribution in [2.75, 3.05) is 6.54 Å². The van der Waals surface area contributed by atoms with Gasteiger partial charge in [-0.3, -0.25) is 15.2 Å². The van der Waals surface area contributed by atoms with Gasteiger partial charge in [0.05, 0.1) is 18.4 Å². The van der Waals surface area contributed by atoms with Crippen molar-refractivity contribution < 1.29 is 10.0 Å². The molecular formula is C9H12N4O2. The van der Waals surface area contributed by atoms with Crippen molar-refractivity contribution in [1.29, 1.82) is 5.41 Å². The molecule has 0 fully saturated rings. The molecule has 0 saturated heterocycles. The molecular weight excluding hydrogens is 196 g/mol.